The Kier molecular flexibility index (Phi) is 4.12. The van der Waals surface area contributed by atoms with E-state index in [2.05, 4.69) is 4.98 Å². The summed E-state index contributed by atoms with van der Waals surface area (Å²) in [5, 5.41) is 0. The molecule has 1 aromatic heterocycles. The number of nitrogens with zero attached hydrogens (tertiary/aromatic N) is 1. The smallest absolute Gasteiger partial charge is 0.137 e. The van der Waals surface area contributed by atoms with Crippen molar-refractivity contribution in [1.29, 1.82) is 0 Å². The quantitative estimate of drug-likeness (QED) is 0.904. The normalized spacial score (nSPS) is 10.5. The van der Waals surface area contributed by atoms with Crippen LogP contribution in [0.2, 0.25) is 0 Å². The molecule has 0 aliphatic rings. The number of benzene rings is 1. The molecule has 0 unspecified atom stereocenters. The number of rotatable bonds is 4. The Balaban J connectivity index is 2.31. The van der Waals surface area contributed by atoms with Gasteiger partial charge in [0.1, 0.15) is 5.82 Å². The molecule has 17 heavy (non-hydrogen) atoms. The molecule has 0 saturated heterocycles. The molecule has 0 radical (unpaired) electrons. The second-order valence-corrected chi connectivity index (χ2v) is 4.64. The van der Waals surface area contributed by atoms with E-state index in [1.165, 1.54) is 17.8 Å². The van der Waals surface area contributed by atoms with Crippen LogP contribution in [0.4, 0.5) is 4.39 Å². The number of hydrogen-bond donors (Lipinski definition) is 1. The maximum atomic E-state index is 13.8. The van der Waals surface area contributed by atoms with E-state index >= 15 is 0 Å². The van der Waals surface area contributed by atoms with E-state index in [9.17, 15) is 4.39 Å². The molecule has 0 bridgehead atoms. The summed E-state index contributed by atoms with van der Waals surface area (Å²) >= 11 is 1.41. The maximum Gasteiger partial charge on any atom is 0.137 e. The first kappa shape index (κ1) is 12.1. The third kappa shape index (κ3) is 3.05. The molecule has 4 heteroatoms. The minimum Gasteiger partial charge on any atom is -0.330 e. The van der Waals surface area contributed by atoms with Crippen molar-refractivity contribution in [3.05, 3.63) is 54.1 Å². The Morgan fingerprint density at radius 2 is 1.94 bits per heavy atom. The Bertz CT molecular complexity index is 488. The average Bonchev–Trinajstić information content (AvgIpc) is 2.35. The Morgan fingerprint density at radius 3 is 2.65 bits per heavy atom. The van der Waals surface area contributed by atoms with Crippen molar-refractivity contribution < 1.29 is 4.39 Å². The number of aromatic nitrogens is 1. The van der Waals surface area contributed by atoms with E-state index in [0.717, 1.165) is 10.5 Å². The molecule has 88 valence electrons. The Hall–Kier alpha value is -1.39. The van der Waals surface area contributed by atoms with Gasteiger partial charge in [-0.15, -0.1) is 0 Å². The molecule has 0 aliphatic carbocycles. The maximum absolute atomic E-state index is 13.8. The topological polar surface area (TPSA) is 38.9 Å². The van der Waals surface area contributed by atoms with Crippen LogP contribution in [-0.4, -0.2) is 11.5 Å². The monoisotopic (exact) mass is 248 g/mol. The summed E-state index contributed by atoms with van der Waals surface area (Å²) in [6.07, 6.45) is 4.09. The zero-order chi connectivity index (χ0) is 12.1. The summed E-state index contributed by atoms with van der Waals surface area (Å²) in [4.78, 5) is 5.57. The van der Waals surface area contributed by atoms with Gasteiger partial charge in [-0.1, -0.05) is 23.9 Å². The van der Waals surface area contributed by atoms with Crippen LogP contribution in [0.1, 0.15) is 5.56 Å². The highest BCUT2D eigenvalue weighted by atomic mass is 32.2. The second kappa shape index (κ2) is 5.80. The molecule has 0 atom stereocenters. The van der Waals surface area contributed by atoms with Crippen molar-refractivity contribution >= 4 is 11.8 Å². The van der Waals surface area contributed by atoms with Crippen LogP contribution in [0.15, 0.2) is 52.5 Å². The van der Waals surface area contributed by atoms with E-state index in [4.69, 9.17) is 5.73 Å². The first-order chi connectivity index (χ1) is 8.31. The van der Waals surface area contributed by atoms with Crippen molar-refractivity contribution in [3.63, 3.8) is 0 Å². The number of pyridine rings is 1. The van der Waals surface area contributed by atoms with Crippen molar-refractivity contribution in [3.8, 4) is 0 Å². The Labute approximate surface area is 104 Å². The van der Waals surface area contributed by atoms with Gasteiger partial charge in [-0.05, 0) is 36.7 Å². The van der Waals surface area contributed by atoms with Crippen molar-refractivity contribution in [2.24, 2.45) is 5.73 Å². The summed E-state index contributed by atoms with van der Waals surface area (Å²) in [5.74, 6) is -0.197. The van der Waals surface area contributed by atoms with Gasteiger partial charge < -0.3 is 5.73 Å². The molecular weight excluding hydrogens is 235 g/mol. The van der Waals surface area contributed by atoms with Crippen LogP contribution in [0.3, 0.4) is 0 Å². The van der Waals surface area contributed by atoms with Crippen LogP contribution in [0, 0.1) is 5.82 Å². The van der Waals surface area contributed by atoms with Crippen LogP contribution >= 0.6 is 11.8 Å². The average molecular weight is 248 g/mol. The van der Waals surface area contributed by atoms with E-state index in [0.29, 0.717) is 17.9 Å². The van der Waals surface area contributed by atoms with Gasteiger partial charge in [0.25, 0.3) is 0 Å². The van der Waals surface area contributed by atoms with Gasteiger partial charge in [-0.3, -0.25) is 4.98 Å². The molecule has 2 nitrogen and oxygen atoms in total. The molecule has 2 rings (SSSR count). The number of halogens is 1. The minimum atomic E-state index is -0.197. The third-order valence-corrected chi connectivity index (χ3v) is 3.50. The molecule has 0 fully saturated rings. The molecule has 2 N–H and O–H groups in total. The highest BCUT2D eigenvalue weighted by molar-refractivity contribution is 7.99. The predicted octanol–water partition coefficient (Wildman–Crippen LogP) is 2.87. The largest absolute Gasteiger partial charge is 0.330 e. The van der Waals surface area contributed by atoms with Gasteiger partial charge >= 0.3 is 0 Å². The van der Waals surface area contributed by atoms with Gasteiger partial charge in [-0.2, -0.15) is 0 Å². The van der Waals surface area contributed by atoms with Gasteiger partial charge in [0.2, 0.25) is 0 Å². The van der Waals surface area contributed by atoms with Crippen molar-refractivity contribution in [2.75, 3.05) is 6.54 Å². The number of hydrogen-bond acceptors (Lipinski definition) is 3. The SMILES string of the molecule is NCCc1cccc(F)c1Sc1ccncc1. The molecule has 1 heterocycles. The van der Waals surface area contributed by atoms with E-state index in [1.54, 1.807) is 18.5 Å². The van der Waals surface area contributed by atoms with Crippen LogP contribution in [0.25, 0.3) is 0 Å². The fourth-order valence-corrected chi connectivity index (χ4v) is 2.50. The standard InChI is InChI=1S/C13H13FN2S/c14-12-3-1-2-10(4-7-15)13(12)17-11-5-8-16-9-6-11/h1-3,5-6,8-9H,4,7,15H2. The molecular formula is C13H13FN2S. The van der Waals surface area contributed by atoms with Crippen molar-refractivity contribution in [2.45, 2.75) is 16.2 Å². The lowest BCUT2D eigenvalue weighted by Crippen LogP contribution is -2.04. The Morgan fingerprint density at radius 1 is 1.18 bits per heavy atom. The van der Waals surface area contributed by atoms with Gasteiger partial charge in [0, 0.05) is 17.3 Å². The molecule has 0 spiro atoms. The van der Waals surface area contributed by atoms with Gasteiger partial charge in [0.05, 0.1) is 4.90 Å². The highest BCUT2D eigenvalue weighted by Gasteiger charge is 2.09. The summed E-state index contributed by atoms with van der Waals surface area (Å²) in [7, 11) is 0. The van der Waals surface area contributed by atoms with Crippen LogP contribution < -0.4 is 5.73 Å². The van der Waals surface area contributed by atoms with E-state index in [-0.39, 0.29) is 5.82 Å². The fourth-order valence-electron chi connectivity index (χ4n) is 1.54. The van der Waals surface area contributed by atoms with E-state index < -0.39 is 0 Å². The van der Waals surface area contributed by atoms with Crippen LogP contribution in [-0.2, 0) is 6.42 Å². The lowest BCUT2D eigenvalue weighted by atomic mass is 10.1. The summed E-state index contributed by atoms with van der Waals surface area (Å²) in [6, 6.07) is 8.84. The molecule has 0 saturated carbocycles. The molecule has 0 amide bonds. The number of nitrogens with two attached hydrogens (primary N) is 1. The second-order valence-electron chi connectivity index (χ2n) is 3.55. The molecule has 2 aromatic rings. The molecule has 1 aromatic carbocycles. The van der Waals surface area contributed by atoms with Crippen molar-refractivity contribution in [1.82, 2.24) is 4.98 Å². The highest BCUT2D eigenvalue weighted by Crippen LogP contribution is 2.32. The lowest BCUT2D eigenvalue weighted by molar-refractivity contribution is 0.597. The molecule has 0 aliphatic heterocycles. The third-order valence-electron chi connectivity index (χ3n) is 2.33. The summed E-state index contributed by atoms with van der Waals surface area (Å²) < 4.78 is 13.8. The van der Waals surface area contributed by atoms with Crippen LogP contribution in [0.5, 0.6) is 0 Å². The summed E-state index contributed by atoms with van der Waals surface area (Å²) in [5.41, 5.74) is 6.48. The zero-order valence-electron chi connectivity index (χ0n) is 9.27. The minimum absolute atomic E-state index is 0.197. The first-order valence-electron chi connectivity index (χ1n) is 5.36. The fraction of sp³-hybridized carbons (Fsp3) is 0.154. The van der Waals surface area contributed by atoms with Gasteiger partial charge in [0.15, 0.2) is 0 Å². The first-order valence-corrected chi connectivity index (χ1v) is 6.18. The predicted molar refractivity (Wildman–Crippen MR) is 67.5 cm³/mol. The zero-order valence-corrected chi connectivity index (χ0v) is 10.1. The van der Waals surface area contributed by atoms with E-state index in [1.807, 2.05) is 18.2 Å². The summed E-state index contributed by atoms with van der Waals surface area (Å²) in [6.45, 7) is 0.521. The lowest BCUT2D eigenvalue weighted by Gasteiger charge is -2.09. The van der Waals surface area contributed by atoms with Gasteiger partial charge in [-0.25, -0.2) is 4.39 Å².